The number of carbonyl (C=O) groups is 1. The summed E-state index contributed by atoms with van der Waals surface area (Å²) in [7, 11) is 0. The summed E-state index contributed by atoms with van der Waals surface area (Å²) < 4.78 is 5.53. The van der Waals surface area contributed by atoms with Crippen molar-refractivity contribution in [2.24, 2.45) is 5.92 Å². The zero-order valence-corrected chi connectivity index (χ0v) is 14.2. The zero-order chi connectivity index (χ0) is 18.1. The van der Waals surface area contributed by atoms with Crippen molar-refractivity contribution in [1.82, 2.24) is 0 Å². The molecule has 0 amide bonds. The molecule has 2 unspecified atom stereocenters. The maximum atomic E-state index is 12.6. The van der Waals surface area contributed by atoms with Crippen LogP contribution in [0.3, 0.4) is 0 Å². The Hall–Kier alpha value is -3.19. The van der Waals surface area contributed by atoms with Crippen molar-refractivity contribution in [2.75, 3.05) is 0 Å². The smallest absolute Gasteiger partial charge is 0.205 e. The van der Waals surface area contributed by atoms with Crippen LogP contribution in [-0.2, 0) is 9.53 Å². The van der Waals surface area contributed by atoms with E-state index in [9.17, 15) is 10.1 Å². The summed E-state index contributed by atoms with van der Waals surface area (Å²) in [4.78, 5) is 12.6. The van der Waals surface area contributed by atoms with E-state index in [-0.39, 0.29) is 11.7 Å². The second-order valence-corrected chi connectivity index (χ2v) is 6.65. The molecule has 0 spiro atoms. The average Bonchev–Trinajstić information content (AvgIpc) is 2.68. The summed E-state index contributed by atoms with van der Waals surface area (Å²) in [6.45, 7) is 0. The molecule has 128 valence electrons. The Labute approximate surface area is 152 Å². The lowest BCUT2D eigenvalue weighted by atomic mass is 9.74. The quantitative estimate of drug-likeness (QED) is 0.867. The number of nitrogens with one attached hydrogen (secondary N) is 1. The molecule has 26 heavy (non-hydrogen) atoms. The Morgan fingerprint density at radius 3 is 2.38 bits per heavy atom. The van der Waals surface area contributed by atoms with E-state index in [1.165, 1.54) is 0 Å². The van der Waals surface area contributed by atoms with Gasteiger partial charge in [-0.2, -0.15) is 5.26 Å². The average molecular weight is 342 g/mol. The van der Waals surface area contributed by atoms with E-state index in [4.69, 9.17) is 10.1 Å². The Morgan fingerprint density at radius 1 is 1.00 bits per heavy atom. The van der Waals surface area contributed by atoms with E-state index < -0.39 is 11.8 Å². The predicted molar refractivity (Wildman–Crippen MR) is 98.4 cm³/mol. The van der Waals surface area contributed by atoms with Crippen LogP contribution in [0.2, 0.25) is 0 Å². The van der Waals surface area contributed by atoms with Crippen LogP contribution in [0, 0.1) is 22.7 Å². The van der Waals surface area contributed by atoms with Gasteiger partial charge < -0.3 is 4.74 Å². The molecule has 2 aromatic carbocycles. The van der Waals surface area contributed by atoms with Crippen LogP contribution in [0.1, 0.15) is 30.7 Å². The molecule has 2 aromatic rings. The molecule has 0 saturated carbocycles. The Kier molecular flexibility index (Phi) is 4.14. The lowest BCUT2D eigenvalue weighted by Gasteiger charge is -2.34. The molecule has 2 aliphatic rings. The molecule has 4 nitrogen and oxygen atoms in total. The fourth-order valence-electron chi connectivity index (χ4n) is 3.81. The van der Waals surface area contributed by atoms with E-state index in [1.807, 2.05) is 54.6 Å². The number of hydrogen-bond donors (Lipinski definition) is 1. The molecule has 1 aliphatic carbocycles. The van der Waals surface area contributed by atoms with Crippen LogP contribution in [0.4, 0.5) is 0 Å². The molecule has 0 radical (unpaired) electrons. The number of ketones is 1. The van der Waals surface area contributed by atoms with Crippen molar-refractivity contribution in [3.05, 3.63) is 71.5 Å². The van der Waals surface area contributed by atoms with Gasteiger partial charge in [0.15, 0.2) is 5.78 Å². The van der Waals surface area contributed by atoms with Gasteiger partial charge in [0.05, 0.1) is 6.07 Å². The van der Waals surface area contributed by atoms with Crippen LogP contribution in [0.5, 0.6) is 0 Å². The summed E-state index contributed by atoms with van der Waals surface area (Å²) in [6, 6.07) is 20.2. The first kappa shape index (κ1) is 16.3. The molecule has 0 aromatic heterocycles. The van der Waals surface area contributed by atoms with Crippen molar-refractivity contribution < 1.29 is 9.53 Å². The van der Waals surface area contributed by atoms with Gasteiger partial charge in [0, 0.05) is 24.3 Å². The summed E-state index contributed by atoms with van der Waals surface area (Å²) in [5.74, 6) is -0.628. The van der Waals surface area contributed by atoms with Gasteiger partial charge in [0.25, 0.3) is 0 Å². The van der Waals surface area contributed by atoms with Gasteiger partial charge in [-0.3, -0.25) is 10.2 Å². The maximum absolute atomic E-state index is 12.6. The van der Waals surface area contributed by atoms with Crippen molar-refractivity contribution in [2.45, 2.75) is 25.2 Å². The van der Waals surface area contributed by atoms with Crippen LogP contribution >= 0.6 is 0 Å². The Bertz CT molecular complexity index is 936. The number of Topliss-reactive ketones (excluding diaryl/α,β-unsaturated/α-hetero) is 1. The van der Waals surface area contributed by atoms with Crippen molar-refractivity contribution in [3.63, 3.8) is 0 Å². The summed E-state index contributed by atoms with van der Waals surface area (Å²) >= 11 is 0. The highest BCUT2D eigenvalue weighted by Crippen LogP contribution is 2.43. The molecular weight excluding hydrogens is 324 g/mol. The zero-order valence-electron chi connectivity index (χ0n) is 14.2. The molecule has 0 bridgehead atoms. The maximum Gasteiger partial charge on any atom is 0.205 e. The standard InChI is InChI=1S/C22H18N2O2/c23-13-17-20(21-18(25)7-4-8-19(21)26-22(17)24)16-11-9-15(10-12-16)14-5-2-1-3-6-14/h1-3,5-6,9-12,17,20,24H,4,7-8H2. The Morgan fingerprint density at radius 2 is 1.69 bits per heavy atom. The third-order valence-electron chi connectivity index (χ3n) is 5.08. The number of allylic oxidation sites excluding steroid dienone is 2. The van der Waals surface area contributed by atoms with Gasteiger partial charge in [-0.25, -0.2) is 0 Å². The molecule has 1 aliphatic heterocycles. The summed E-state index contributed by atoms with van der Waals surface area (Å²) in [5, 5.41) is 17.7. The summed E-state index contributed by atoms with van der Waals surface area (Å²) in [5.41, 5.74) is 3.66. The molecule has 4 heteroatoms. The molecule has 2 atom stereocenters. The normalized spacial score (nSPS) is 22.4. The third-order valence-corrected chi connectivity index (χ3v) is 5.08. The topological polar surface area (TPSA) is 73.9 Å². The van der Waals surface area contributed by atoms with Gasteiger partial charge in [0.1, 0.15) is 11.7 Å². The van der Waals surface area contributed by atoms with Gasteiger partial charge >= 0.3 is 0 Å². The van der Waals surface area contributed by atoms with Gasteiger partial charge in [0.2, 0.25) is 5.90 Å². The third kappa shape index (κ3) is 2.72. The first-order valence-corrected chi connectivity index (χ1v) is 8.76. The molecule has 4 rings (SSSR count). The van der Waals surface area contributed by atoms with Crippen LogP contribution in [0.15, 0.2) is 65.9 Å². The van der Waals surface area contributed by atoms with Crippen molar-refractivity contribution >= 4 is 11.7 Å². The first-order chi connectivity index (χ1) is 12.7. The number of nitriles is 1. The minimum absolute atomic E-state index is 0.0381. The minimum atomic E-state index is -0.765. The van der Waals surface area contributed by atoms with Gasteiger partial charge in [-0.1, -0.05) is 54.6 Å². The molecule has 0 fully saturated rings. The summed E-state index contributed by atoms with van der Waals surface area (Å²) in [6.07, 6.45) is 1.87. The lowest BCUT2D eigenvalue weighted by Crippen LogP contribution is -2.34. The van der Waals surface area contributed by atoms with Crippen molar-refractivity contribution in [1.29, 1.82) is 10.7 Å². The molecule has 1 heterocycles. The highest BCUT2D eigenvalue weighted by Gasteiger charge is 2.42. The number of benzene rings is 2. The number of rotatable bonds is 2. The van der Waals surface area contributed by atoms with Crippen LogP contribution in [-0.4, -0.2) is 11.7 Å². The van der Waals surface area contributed by atoms with E-state index in [0.717, 1.165) is 23.1 Å². The molecule has 1 N–H and O–H groups in total. The van der Waals surface area contributed by atoms with Crippen LogP contribution < -0.4 is 0 Å². The number of hydrogen-bond acceptors (Lipinski definition) is 4. The SMILES string of the molecule is N#CC1C(=N)OC2=C(C(=O)CCC2)C1c1ccc(-c2ccccc2)cc1. The Balaban J connectivity index is 1.77. The monoisotopic (exact) mass is 342 g/mol. The van der Waals surface area contributed by atoms with Crippen molar-refractivity contribution in [3.8, 4) is 17.2 Å². The second kappa shape index (κ2) is 6.61. The van der Waals surface area contributed by atoms with Gasteiger partial charge in [-0.15, -0.1) is 0 Å². The molecular formula is C22H18N2O2. The number of nitrogens with zero attached hydrogens (tertiary/aromatic N) is 1. The second-order valence-electron chi connectivity index (χ2n) is 6.65. The van der Waals surface area contributed by atoms with E-state index in [2.05, 4.69) is 6.07 Å². The minimum Gasteiger partial charge on any atom is -0.446 e. The van der Waals surface area contributed by atoms with E-state index in [0.29, 0.717) is 24.2 Å². The highest BCUT2D eigenvalue weighted by atomic mass is 16.5. The number of carbonyl (C=O) groups excluding carboxylic acids is 1. The fraction of sp³-hybridized carbons (Fsp3) is 0.227. The van der Waals surface area contributed by atoms with Crippen LogP contribution in [0.25, 0.3) is 11.1 Å². The lowest BCUT2D eigenvalue weighted by molar-refractivity contribution is -0.116. The number of ether oxygens (including phenoxy) is 1. The first-order valence-electron chi connectivity index (χ1n) is 8.76. The predicted octanol–water partition coefficient (Wildman–Crippen LogP) is 4.59. The van der Waals surface area contributed by atoms with E-state index in [1.54, 1.807) is 0 Å². The van der Waals surface area contributed by atoms with E-state index >= 15 is 0 Å². The largest absolute Gasteiger partial charge is 0.446 e. The van der Waals surface area contributed by atoms with Gasteiger partial charge in [-0.05, 0) is 23.1 Å². The highest BCUT2D eigenvalue weighted by molar-refractivity contribution is 6.01. The fourth-order valence-corrected chi connectivity index (χ4v) is 3.81. The molecule has 0 saturated heterocycles.